The van der Waals surface area contributed by atoms with Crippen LogP contribution in [0.25, 0.3) is 0 Å². The second kappa shape index (κ2) is 6.84. The lowest BCUT2D eigenvalue weighted by Gasteiger charge is -2.36. The number of thioether (sulfide) groups is 1. The minimum atomic E-state index is 0.138. The van der Waals surface area contributed by atoms with Gasteiger partial charge in [-0.2, -0.15) is 0 Å². The second-order valence-electron chi connectivity index (χ2n) is 6.17. The number of carbonyl (C=O) groups excluding carboxylic acids is 1. The van der Waals surface area contributed by atoms with Gasteiger partial charge in [0, 0.05) is 37.8 Å². The van der Waals surface area contributed by atoms with Crippen LogP contribution in [0.1, 0.15) is 24.7 Å². The summed E-state index contributed by atoms with van der Waals surface area (Å²) in [4.78, 5) is 16.6. The summed E-state index contributed by atoms with van der Waals surface area (Å²) in [5.41, 5.74) is 1.22. The number of anilines is 1. The van der Waals surface area contributed by atoms with Crippen LogP contribution in [0.5, 0.6) is 0 Å². The molecule has 4 rings (SSSR count). The molecule has 0 atom stereocenters. The first-order valence-electron chi connectivity index (χ1n) is 8.33. The van der Waals surface area contributed by atoms with Gasteiger partial charge >= 0.3 is 0 Å². The summed E-state index contributed by atoms with van der Waals surface area (Å²) >= 11 is 1.34. The molecule has 1 aromatic carbocycles. The van der Waals surface area contributed by atoms with E-state index >= 15 is 0 Å². The van der Waals surface area contributed by atoms with Crippen molar-refractivity contribution in [3.8, 4) is 0 Å². The molecule has 6 nitrogen and oxygen atoms in total. The maximum Gasteiger partial charge on any atom is 0.277 e. The highest BCUT2D eigenvalue weighted by Crippen LogP contribution is 2.39. The Hall–Kier alpha value is -2.02. The van der Waals surface area contributed by atoms with Gasteiger partial charge in [0.05, 0.1) is 5.75 Å². The fourth-order valence-corrected chi connectivity index (χ4v) is 3.51. The first-order valence-corrected chi connectivity index (χ1v) is 9.32. The second-order valence-corrected chi connectivity index (χ2v) is 7.10. The molecule has 0 radical (unpaired) electrons. The average Bonchev–Trinajstić information content (AvgIpc) is 3.39. The maximum absolute atomic E-state index is 12.4. The summed E-state index contributed by atoms with van der Waals surface area (Å²) in [6.45, 7) is 3.25. The minimum Gasteiger partial charge on any atom is -0.416 e. The zero-order valence-electron chi connectivity index (χ0n) is 13.4. The summed E-state index contributed by atoms with van der Waals surface area (Å²) in [6.07, 6.45) is 2.27. The summed E-state index contributed by atoms with van der Waals surface area (Å²) in [5, 5.41) is 8.56. The summed E-state index contributed by atoms with van der Waals surface area (Å²) in [6, 6.07) is 10.3. The highest BCUT2D eigenvalue weighted by molar-refractivity contribution is 7.99. The van der Waals surface area contributed by atoms with Crippen LogP contribution in [0.3, 0.4) is 0 Å². The third-order valence-corrected chi connectivity index (χ3v) is 5.22. The minimum absolute atomic E-state index is 0.138. The predicted octanol–water partition coefficient (Wildman–Crippen LogP) is 2.39. The lowest BCUT2D eigenvalue weighted by atomic mass is 10.2. The van der Waals surface area contributed by atoms with Gasteiger partial charge in [0.25, 0.3) is 5.22 Å². The molecule has 1 amide bonds. The lowest BCUT2D eigenvalue weighted by Crippen LogP contribution is -2.49. The SMILES string of the molecule is O=C(CSc1nnc(C2CC2)o1)N1CCN(c2ccccc2)CC1. The van der Waals surface area contributed by atoms with Gasteiger partial charge in [0.15, 0.2) is 0 Å². The Labute approximate surface area is 145 Å². The number of carbonyl (C=O) groups is 1. The molecular formula is C17H20N4O2S. The quantitative estimate of drug-likeness (QED) is 0.776. The van der Waals surface area contributed by atoms with E-state index in [2.05, 4.69) is 27.2 Å². The Bertz CT molecular complexity index is 694. The van der Waals surface area contributed by atoms with Crippen molar-refractivity contribution in [2.75, 3.05) is 36.8 Å². The zero-order chi connectivity index (χ0) is 16.4. The highest BCUT2D eigenvalue weighted by atomic mass is 32.2. The van der Waals surface area contributed by atoms with Crippen molar-refractivity contribution in [1.29, 1.82) is 0 Å². The molecule has 0 bridgehead atoms. The first kappa shape index (κ1) is 15.5. The van der Waals surface area contributed by atoms with Gasteiger partial charge in [-0.1, -0.05) is 30.0 Å². The van der Waals surface area contributed by atoms with E-state index in [9.17, 15) is 4.79 Å². The van der Waals surface area contributed by atoms with E-state index in [4.69, 9.17) is 4.42 Å². The highest BCUT2D eigenvalue weighted by Gasteiger charge is 2.29. The number of aromatic nitrogens is 2. The molecule has 1 aliphatic heterocycles. The first-order chi connectivity index (χ1) is 11.8. The summed E-state index contributed by atoms with van der Waals surface area (Å²) in [5.74, 6) is 1.67. The van der Waals surface area contributed by atoms with Gasteiger partial charge in [-0.15, -0.1) is 10.2 Å². The van der Waals surface area contributed by atoms with E-state index in [-0.39, 0.29) is 5.91 Å². The van der Waals surface area contributed by atoms with Gasteiger partial charge in [-0.25, -0.2) is 0 Å². The van der Waals surface area contributed by atoms with Gasteiger partial charge in [0.2, 0.25) is 11.8 Å². The van der Waals surface area contributed by atoms with Gasteiger partial charge in [-0.3, -0.25) is 4.79 Å². The third kappa shape index (κ3) is 3.56. The number of benzene rings is 1. The molecule has 0 unspecified atom stereocenters. The normalized spacial score (nSPS) is 18.0. The molecule has 2 heterocycles. The van der Waals surface area contributed by atoms with Crippen molar-refractivity contribution in [2.24, 2.45) is 0 Å². The average molecular weight is 344 g/mol. The predicted molar refractivity (Wildman–Crippen MR) is 92.2 cm³/mol. The number of piperazine rings is 1. The summed E-state index contributed by atoms with van der Waals surface area (Å²) in [7, 11) is 0. The van der Waals surface area contributed by atoms with Crippen LogP contribution in [-0.4, -0.2) is 52.9 Å². The smallest absolute Gasteiger partial charge is 0.277 e. The molecule has 1 aromatic heterocycles. The molecule has 126 valence electrons. The third-order valence-electron chi connectivity index (χ3n) is 4.42. The van der Waals surface area contributed by atoms with Crippen molar-refractivity contribution in [2.45, 2.75) is 24.0 Å². The Morgan fingerprint density at radius 2 is 1.88 bits per heavy atom. The number of hydrogen-bond acceptors (Lipinski definition) is 6. The van der Waals surface area contributed by atoms with Crippen LogP contribution < -0.4 is 4.90 Å². The fourth-order valence-electron chi connectivity index (χ4n) is 2.84. The van der Waals surface area contributed by atoms with Crippen molar-refractivity contribution < 1.29 is 9.21 Å². The number of para-hydroxylation sites is 1. The molecule has 24 heavy (non-hydrogen) atoms. The fraction of sp³-hybridized carbons (Fsp3) is 0.471. The molecule has 2 aromatic rings. The largest absolute Gasteiger partial charge is 0.416 e. The van der Waals surface area contributed by atoms with Crippen molar-refractivity contribution in [3.05, 3.63) is 36.2 Å². The molecule has 0 N–H and O–H groups in total. The Morgan fingerprint density at radius 3 is 2.58 bits per heavy atom. The molecule has 1 saturated heterocycles. The Balaban J connectivity index is 1.25. The standard InChI is InChI=1S/C17H20N4O2S/c22-15(12-24-17-19-18-16(23-17)13-6-7-13)21-10-8-20(9-11-21)14-4-2-1-3-5-14/h1-5,13H,6-12H2. The van der Waals surface area contributed by atoms with Crippen molar-refractivity contribution in [3.63, 3.8) is 0 Å². The molecule has 1 aliphatic carbocycles. The Kier molecular flexibility index (Phi) is 4.42. The summed E-state index contributed by atoms with van der Waals surface area (Å²) < 4.78 is 5.58. The van der Waals surface area contributed by atoms with Gasteiger partial charge < -0.3 is 14.2 Å². The lowest BCUT2D eigenvalue weighted by molar-refractivity contribution is -0.128. The molecule has 2 fully saturated rings. The molecule has 1 saturated carbocycles. The van der Waals surface area contributed by atoms with E-state index in [0.29, 0.717) is 16.9 Å². The van der Waals surface area contributed by atoms with Crippen LogP contribution in [0, 0.1) is 0 Å². The maximum atomic E-state index is 12.4. The van der Waals surface area contributed by atoms with Gasteiger partial charge in [0.1, 0.15) is 0 Å². The monoisotopic (exact) mass is 344 g/mol. The van der Waals surface area contributed by atoms with E-state index in [0.717, 1.165) is 44.9 Å². The Morgan fingerprint density at radius 1 is 1.12 bits per heavy atom. The van der Waals surface area contributed by atoms with Crippen LogP contribution in [-0.2, 0) is 4.79 Å². The van der Waals surface area contributed by atoms with Crippen LogP contribution in [0.2, 0.25) is 0 Å². The molecule has 0 spiro atoms. The van der Waals surface area contributed by atoms with E-state index in [1.165, 1.54) is 17.4 Å². The number of hydrogen-bond donors (Lipinski definition) is 0. The number of rotatable bonds is 5. The van der Waals surface area contributed by atoms with E-state index < -0.39 is 0 Å². The topological polar surface area (TPSA) is 62.5 Å². The molecule has 2 aliphatic rings. The van der Waals surface area contributed by atoms with Crippen LogP contribution in [0.4, 0.5) is 5.69 Å². The van der Waals surface area contributed by atoms with E-state index in [1.54, 1.807) is 0 Å². The van der Waals surface area contributed by atoms with E-state index in [1.807, 2.05) is 23.1 Å². The number of amides is 1. The molecule has 7 heteroatoms. The zero-order valence-corrected chi connectivity index (χ0v) is 14.2. The van der Waals surface area contributed by atoms with Gasteiger partial charge in [-0.05, 0) is 25.0 Å². The van der Waals surface area contributed by atoms with Crippen LogP contribution >= 0.6 is 11.8 Å². The van der Waals surface area contributed by atoms with Crippen molar-refractivity contribution in [1.82, 2.24) is 15.1 Å². The van der Waals surface area contributed by atoms with Crippen molar-refractivity contribution >= 4 is 23.4 Å². The molecular weight excluding hydrogens is 324 g/mol. The van der Waals surface area contributed by atoms with Crippen LogP contribution in [0.15, 0.2) is 40.0 Å². The number of nitrogens with zero attached hydrogens (tertiary/aromatic N) is 4.